The molecule has 4 nitrogen and oxygen atoms in total. The second-order valence-electron chi connectivity index (χ2n) is 6.42. The number of carbonyl (C=O) groups excluding carboxylic acids is 1. The average Bonchev–Trinajstić information content (AvgIpc) is 2.92. The first kappa shape index (κ1) is 14.8. The van der Waals surface area contributed by atoms with Crippen molar-refractivity contribution in [2.75, 3.05) is 0 Å². The summed E-state index contributed by atoms with van der Waals surface area (Å²) >= 11 is 0. The number of carbonyl (C=O) groups is 1. The summed E-state index contributed by atoms with van der Waals surface area (Å²) in [6.45, 7) is 2.12. The van der Waals surface area contributed by atoms with E-state index in [1.165, 1.54) is 27.7 Å². The molecule has 24 heavy (non-hydrogen) atoms. The number of nitrogens with one attached hydrogen (secondary N) is 2. The van der Waals surface area contributed by atoms with Gasteiger partial charge in [-0.2, -0.15) is 0 Å². The maximum Gasteiger partial charge on any atom is 0.412 e. The molecule has 122 valence electrons. The van der Waals surface area contributed by atoms with Crippen LogP contribution in [0.15, 0.2) is 48.5 Å². The van der Waals surface area contributed by atoms with Crippen molar-refractivity contribution in [2.45, 2.75) is 32.2 Å². The predicted molar refractivity (Wildman–Crippen MR) is 94.5 cm³/mol. The van der Waals surface area contributed by atoms with Gasteiger partial charge in [0.15, 0.2) is 0 Å². The van der Waals surface area contributed by atoms with E-state index in [-0.39, 0.29) is 12.1 Å². The minimum Gasteiger partial charge on any atom is -0.410 e. The third-order valence-corrected chi connectivity index (χ3v) is 4.62. The number of H-pyrrole nitrogens is 1. The minimum absolute atomic E-state index is 0.0999. The number of para-hydroxylation sites is 1. The van der Waals surface area contributed by atoms with Crippen molar-refractivity contribution in [1.29, 1.82) is 0 Å². The molecule has 1 amide bonds. The van der Waals surface area contributed by atoms with E-state index in [9.17, 15) is 4.79 Å². The number of aryl methyl sites for hydroxylation is 2. The highest BCUT2D eigenvalue weighted by Gasteiger charge is 2.24. The topological polar surface area (TPSA) is 54.1 Å². The molecule has 1 unspecified atom stereocenters. The Bertz CT molecular complexity index is 883. The summed E-state index contributed by atoms with van der Waals surface area (Å²) in [5.74, 6) is 0.563. The van der Waals surface area contributed by atoms with E-state index in [0.717, 1.165) is 19.3 Å². The Morgan fingerprint density at radius 2 is 2.04 bits per heavy atom. The lowest BCUT2D eigenvalue weighted by Crippen LogP contribution is -2.40. The maximum absolute atomic E-state index is 12.1. The van der Waals surface area contributed by atoms with Crippen LogP contribution in [0.25, 0.3) is 10.9 Å². The molecule has 4 rings (SSSR count). The molecule has 2 N–H and O–H groups in total. The van der Waals surface area contributed by atoms with Crippen LogP contribution in [-0.4, -0.2) is 17.1 Å². The normalized spacial score (nSPS) is 16.6. The van der Waals surface area contributed by atoms with E-state index in [1.807, 2.05) is 18.2 Å². The first-order valence-corrected chi connectivity index (χ1v) is 8.32. The van der Waals surface area contributed by atoms with Crippen molar-refractivity contribution in [2.24, 2.45) is 0 Å². The molecule has 1 aliphatic rings. The molecule has 1 atom stereocenters. The van der Waals surface area contributed by atoms with Crippen LogP contribution in [0.3, 0.4) is 0 Å². The molecule has 0 aliphatic heterocycles. The van der Waals surface area contributed by atoms with Crippen LogP contribution in [0.2, 0.25) is 0 Å². The summed E-state index contributed by atoms with van der Waals surface area (Å²) in [5.41, 5.74) is 5.07. The zero-order valence-electron chi connectivity index (χ0n) is 13.6. The van der Waals surface area contributed by atoms with Gasteiger partial charge >= 0.3 is 6.09 Å². The number of rotatable bonds is 2. The molecular formula is C20H20N2O2. The first-order chi connectivity index (χ1) is 11.7. The highest BCUT2D eigenvalue weighted by Crippen LogP contribution is 2.29. The number of benzene rings is 2. The van der Waals surface area contributed by atoms with E-state index in [1.54, 1.807) is 12.1 Å². The first-order valence-electron chi connectivity index (χ1n) is 8.32. The number of aromatic nitrogens is 1. The van der Waals surface area contributed by atoms with Gasteiger partial charge in [-0.25, -0.2) is 4.79 Å². The fraction of sp³-hybridized carbons (Fsp3) is 0.250. The van der Waals surface area contributed by atoms with Gasteiger partial charge in [-0.05, 0) is 49.6 Å². The number of amides is 1. The number of hydrogen-bond acceptors (Lipinski definition) is 2. The third kappa shape index (κ3) is 2.87. The number of fused-ring (bicyclic) bond motifs is 3. The Labute approximate surface area is 140 Å². The van der Waals surface area contributed by atoms with Crippen molar-refractivity contribution in [3.8, 4) is 5.75 Å². The fourth-order valence-electron chi connectivity index (χ4n) is 3.46. The zero-order chi connectivity index (χ0) is 16.5. The molecule has 0 spiro atoms. The standard InChI is InChI=1S/C20H20N2O2/c1-13-7-10-18-17(11-13)16-9-8-14(12-19(16)22-18)21-20(23)24-15-5-3-2-4-6-15/h2-7,10-11,14,22H,8-9,12H2,1H3,(H,21,23). The SMILES string of the molecule is Cc1ccc2[nH]c3c(c2c1)CCC(NC(=O)Oc1ccccc1)C3. The summed E-state index contributed by atoms with van der Waals surface area (Å²) in [7, 11) is 0. The minimum atomic E-state index is -0.387. The quantitative estimate of drug-likeness (QED) is 0.746. The summed E-state index contributed by atoms with van der Waals surface area (Å²) in [5, 5.41) is 4.30. The summed E-state index contributed by atoms with van der Waals surface area (Å²) < 4.78 is 5.32. The third-order valence-electron chi connectivity index (χ3n) is 4.62. The van der Waals surface area contributed by atoms with Gasteiger partial charge < -0.3 is 15.0 Å². The molecule has 1 aromatic heterocycles. The molecular weight excluding hydrogens is 300 g/mol. The van der Waals surface area contributed by atoms with Crippen LogP contribution in [-0.2, 0) is 12.8 Å². The Balaban J connectivity index is 1.46. The molecule has 0 saturated carbocycles. The molecule has 4 heteroatoms. The highest BCUT2D eigenvalue weighted by molar-refractivity contribution is 5.85. The molecule has 0 fully saturated rings. The van der Waals surface area contributed by atoms with Crippen LogP contribution in [0.5, 0.6) is 5.75 Å². The summed E-state index contributed by atoms with van der Waals surface area (Å²) in [6, 6.07) is 15.7. The molecule has 0 saturated heterocycles. The molecule has 1 heterocycles. The lowest BCUT2D eigenvalue weighted by Gasteiger charge is -2.23. The molecule has 2 aromatic carbocycles. The Hall–Kier alpha value is -2.75. The number of hydrogen-bond donors (Lipinski definition) is 2. The average molecular weight is 320 g/mol. The summed E-state index contributed by atoms with van der Waals surface area (Å²) in [4.78, 5) is 15.6. The van der Waals surface area contributed by atoms with Crippen molar-refractivity contribution in [1.82, 2.24) is 10.3 Å². The van der Waals surface area contributed by atoms with E-state index >= 15 is 0 Å². The fourth-order valence-corrected chi connectivity index (χ4v) is 3.46. The smallest absolute Gasteiger partial charge is 0.410 e. The van der Waals surface area contributed by atoms with Gasteiger partial charge in [0.2, 0.25) is 0 Å². The van der Waals surface area contributed by atoms with E-state index in [2.05, 4.69) is 35.4 Å². The van der Waals surface area contributed by atoms with Gasteiger partial charge in [0.25, 0.3) is 0 Å². The van der Waals surface area contributed by atoms with Gasteiger partial charge in [-0.15, -0.1) is 0 Å². The number of ether oxygens (including phenoxy) is 1. The van der Waals surface area contributed by atoms with E-state index < -0.39 is 0 Å². The van der Waals surface area contributed by atoms with Gasteiger partial charge in [0.05, 0.1) is 0 Å². The summed E-state index contributed by atoms with van der Waals surface area (Å²) in [6.07, 6.45) is 2.32. The molecule has 0 radical (unpaired) electrons. The Morgan fingerprint density at radius 3 is 2.88 bits per heavy atom. The lowest BCUT2D eigenvalue weighted by atomic mass is 9.91. The second kappa shape index (κ2) is 6.04. The monoisotopic (exact) mass is 320 g/mol. The van der Waals surface area contributed by atoms with E-state index in [0.29, 0.717) is 5.75 Å². The van der Waals surface area contributed by atoms with Crippen LogP contribution in [0.1, 0.15) is 23.2 Å². The molecule has 1 aliphatic carbocycles. The lowest BCUT2D eigenvalue weighted by molar-refractivity contribution is 0.194. The zero-order valence-corrected chi connectivity index (χ0v) is 13.6. The Kier molecular flexibility index (Phi) is 3.73. The highest BCUT2D eigenvalue weighted by atomic mass is 16.6. The largest absolute Gasteiger partial charge is 0.412 e. The van der Waals surface area contributed by atoms with Crippen molar-refractivity contribution < 1.29 is 9.53 Å². The van der Waals surface area contributed by atoms with Gasteiger partial charge in [-0.1, -0.05) is 29.8 Å². The predicted octanol–water partition coefficient (Wildman–Crippen LogP) is 4.12. The Morgan fingerprint density at radius 1 is 1.21 bits per heavy atom. The molecule has 3 aromatic rings. The maximum atomic E-state index is 12.1. The van der Waals surface area contributed by atoms with Gasteiger partial charge in [0.1, 0.15) is 5.75 Å². The van der Waals surface area contributed by atoms with E-state index in [4.69, 9.17) is 4.74 Å². The van der Waals surface area contributed by atoms with Crippen molar-refractivity contribution in [3.63, 3.8) is 0 Å². The van der Waals surface area contributed by atoms with Crippen molar-refractivity contribution in [3.05, 3.63) is 65.4 Å². The van der Waals surface area contributed by atoms with Crippen LogP contribution < -0.4 is 10.1 Å². The van der Waals surface area contributed by atoms with Crippen LogP contribution in [0, 0.1) is 6.92 Å². The number of aromatic amines is 1. The van der Waals surface area contributed by atoms with Gasteiger partial charge in [-0.3, -0.25) is 0 Å². The second-order valence-corrected chi connectivity index (χ2v) is 6.42. The van der Waals surface area contributed by atoms with Gasteiger partial charge in [0, 0.05) is 29.1 Å². The molecule has 0 bridgehead atoms. The van der Waals surface area contributed by atoms with Crippen LogP contribution >= 0.6 is 0 Å². The van der Waals surface area contributed by atoms with Crippen molar-refractivity contribution >= 4 is 17.0 Å². The van der Waals surface area contributed by atoms with Crippen LogP contribution in [0.4, 0.5) is 4.79 Å².